The largest absolute Gasteiger partial charge is 0.395 e. The lowest BCUT2D eigenvalue weighted by atomic mass is 9.89. The second-order valence-corrected chi connectivity index (χ2v) is 7.16. The van der Waals surface area contributed by atoms with Gasteiger partial charge in [0.1, 0.15) is 12.0 Å². The van der Waals surface area contributed by atoms with Crippen LogP contribution in [0.25, 0.3) is 22.5 Å². The highest BCUT2D eigenvalue weighted by molar-refractivity contribution is 5.81. The number of likely N-dealkylation sites (tertiary alicyclic amines) is 1. The Kier molecular flexibility index (Phi) is 5.27. The van der Waals surface area contributed by atoms with Gasteiger partial charge in [-0.05, 0) is 38.9 Å². The third-order valence-corrected chi connectivity index (χ3v) is 5.37. The molecule has 1 aromatic carbocycles. The number of benzene rings is 1. The van der Waals surface area contributed by atoms with Crippen LogP contribution >= 0.6 is 0 Å². The van der Waals surface area contributed by atoms with E-state index in [-0.39, 0.29) is 6.61 Å². The molecular weight excluding hydrogens is 338 g/mol. The van der Waals surface area contributed by atoms with E-state index >= 15 is 0 Å². The van der Waals surface area contributed by atoms with Gasteiger partial charge in [-0.15, -0.1) is 0 Å². The molecule has 0 amide bonds. The Hall–Kier alpha value is -2.57. The molecule has 1 fully saturated rings. The average Bonchev–Trinajstić information content (AvgIpc) is 3.15. The van der Waals surface area contributed by atoms with Crippen molar-refractivity contribution in [2.45, 2.75) is 25.7 Å². The van der Waals surface area contributed by atoms with E-state index in [1.54, 1.807) is 12.5 Å². The van der Waals surface area contributed by atoms with Crippen molar-refractivity contribution >= 4 is 0 Å². The van der Waals surface area contributed by atoms with Crippen molar-refractivity contribution in [2.24, 2.45) is 0 Å². The van der Waals surface area contributed by atoms with Gasteiger partial charge in [0.15, 0.2) is 0 Å². The third kappa shape index (κ3) is 3.77. The van der Waals surface area contributed by atoms with Gasteiger partial charge in [-0.25, -0.2) is 9.97 Å². The molecule has 6 nitrogen and oxygen atoms in total. The molecule has 1 saturated heterocycles. The van der Waals surface area contributed by atoms with Gasteiger partial charge < -0.3 is 10.0 Å². The molecule has 1 aliphatic rings. The van der Waals surface area contributed by atoms with Gasteiger partial charge in [-0.1, -0.05) is 29.8 Å². The second-order valence-electron chi connectivity index (χ2n) is 7.16. The molecule has 3 heterocycles. The SMILES string of the molecule is Cc1ccc(-c2n[nH]c(C3CCN(CCO)CC3)c2-c2ccncn2)cc1. The maximum absolute atomic E-state index is 9.17. The molecule has 0 bridgehead atoms. The number of aliphatic hydroxyl groups excluding tert-OH is 1. The Balaban J connectivity index is 1.71. The number of hydrogen-bond acceptors (Lipinski definition) is 5. The third-order valence-electron chi connectivity index (χ3n) is 5.37. The fraction of sp³-hybridized carbons (Fsp3) is 0.381. The number of rotatable bonds is 5. The van der Waals surface area contributed by atoms with Crippen LogP contribution in [0.15, 0.2) is 42.9 Å². The molecule has 0 atom stereocenters. The first-order valence-electron chi connectivity index (χ1n) is 9.51. The van der Waals surface area contributed by atoms with E-state index in [4.69, 9.17) is 0 Å². The van der Waals surface area contributed by atoms with E-state index in [2.05, 4.69) is 56.3 Å². The number of aromatic amines is 1. The lowest BCUT2D eigenvalue weighted by Crippen LogP contribution is -2.35. The monoisotopic (exact) mass is 363 g/mol. The lowest BCUT2D eigenvalue weighted by molar-refractivity contribution is 0.163. The summed E-state index contributed by atoms with van der Waals surface area (Å²) < 4.78 is 0. The summed E-state index contributed by atoms with van der Waals surface area (Å²) in [5.74, 6) is 0.414. The number of aromatic nitrogens is 4. The number of β-amino-alcohol motifs (C(OH)–C–C–N with tert-alkyl or cyclic N) is 1. The van der Waals surface area contributed by atoms with Crippen LogP contribution in [0.3, 0.4) is 0 Å². The molecule has 6 heteroatoms. The van der Waals surface area contributed by atoms with Crippen LogP contribution < -0.4 is 0 Å². The van der Waals surface area contributed by atoms with Crippen LogP contribution in [-0.4, -0.2) is 56.4 Å². The normalized spacial score (nSPS) is 15.9. The van der Waals surface area contributed by atoms with Gasteiger partial charge >= 0.3 is 0 Å². The first-order chi connectivity index (χ1) is 13.3. The van der Waals surface area contributed by atoms with Gasteiger partial charge in [-0.2, -0.15) is 5.10 Å². The second kappa shape index (κ2) is 7.98. The van der Waals surface area contributed by atoms with Gasteiger partial charge in [-0.3, -0.25) is 5.10 Å². The van der Waals surface area contributed by atoms with Crippen LogP contribution in [0.1, 0.15) is 30.0 Å². The smallest absolute Gasteiger partial charge is 0.116 e. The number of piperidine rings is 1. The van der Waals surface area contributed by atoms with Crippen LogP contribution in [-0.2, 0) is 0 Å². The molecule has 0 spiro atoms. The summed E-state index contributed by atoms with van der Waals surface area (Å²) in [5.41, 5.74) is 6.42. The van der Waals surface area contributed by atoms with E-state index in [1.165, 1.54) is 5.56 Å². The molecule has 140 valence electrons. The first kappa shape index (κ1) is 17.8. The standard InChI is InChI=1S/C21H25N5O/c1-15-2-4-16(5-3-15)20-19(18-6-9-22-14-23-18)21(25-24-20)17-7-10-26(11-8-17)12-13-27/h2-6,9,14,17,27H,7-8,10-13H2,1H3,(H,24,25). The van der Waals surface area contributed by atoms with Crippen molar-refractivity contribution in [3.05, 3.63) is 54.1 Å². The predicted molar refractivity (Wildman–Crippen MR) is 105 cm³/mol. The van der Waals surface area contributed by atoms with Crippen LogP contribution in [0.5, 0.6) is 0 Å². The van der Waals surface area contributed by atoms with Gasteiger partial charge in [0.25, 0.3) is 0 Å². The van der Waals surface area contributed by atoms with Crippen molar-refractivity contribution in [1.29, 1.82) is 0 Å². The molecule has 4 rings (SSSR count). The quantitative estimate of drug-likeness (QED) is 0.729. The topological polar surface area (TPSA) is 77.9 Å². The van der Waals surface area contributed by atoms with Crippen molar-refractivity contribution in [3.8, 4) is 22.5 Å². The number of nitrogens with one attached hydrogen (secondary N) is 1. The van der Waals surface area contributed by atoms with E-state index in [0.29, 0.717) is 5.92 Å². The molecule has 0 aliphatic carbocycles. The predicted octanol–water partition coefficient (Wildman–Crippen LogP) is 3.01. The maximum Gasteiger partial charge on any atom is 0.116 e. The van der Waals surface area contributed by atoms with Gasteiger partial charge in [0.05, 0.1) is 12.3 Å². The summed E-state index contributed by atoms with van der Waals surface area (Å²) in [4.78, 5) is 10.9. The molecule has 3 aromatic rings. The number of H-pyrrole nitrogens is 1. The van der Waals surface area contributed by atoms with Gasteiger partial charge in [0, 0.05) is 35.5 Å². The van der Waals surface area contributed by atoms with E-state index < -0.39 is 0 Å². The summed E-state index contributed by atoms with van der Waals surface area (Å²) in [6, 6.07) is 10.4. The maximum atomic E-state index is 9.17. The molecule has 0 unspecified atom stereocenters. The molecule has 2 N–H and O–H groups in total. The molecule has 0 radical (unpaired) electrons. The number of hydrogen-bond donors (Lipinski definition) is 2. The fourth-order valence-corrected chi connectivity index (χ4v) is 3.86. The minimum Gasteiger partial charge on any atom is -0.395 e. The van der Waals surface area contributed by atoms with Crippen molar-refractivity contribution in [1.82, 2.24) is 25.1 Å². The number of aryl methyl sites for hydroxylation is 1. The Morgan fingerprint density at radius 1 is 1.15 bits per heavy atom. The lowest BCUT2D eigenvalue weighted by Gasteiger charge is -2.31. The highest BCUT2D eigenvalue weighted by atomic mass is 16.3. The minimum atomic E-state index is 0.221. The van der Waals surface area contributed by atoms with E-state index in [9.17, 15) is 5.11 Å². The van der Waals surface area contributed by atoms with Crippen molar-refractivity contribution in [3.63, 3.8) is 0 Å². The molecule has 2 aromatic heterocycles. The molecule has 1 aliphatic heterocycles. The highest BCUT2D eigenvalue weighted by Gasteiger charge is 2.27. The highest BCUT2D eigenvalue weighted by Crippen LogP contribution is 2.38. The molecule has 0 saturated carbocycles. The number of aliphatic hydroxyl groups is 1. The molecule has 27 heavy (non-hydrogen) atoms. The zero-order valence-corrected chi connectivity index (χ0v) is 15.6. The first-order valence-corrected chi connectivity index (χ1v) is 9.51. The van der Waals surface area contributed by atoms with Crippen LogP contribution in [0.4, 0.5) is 0 Å². The number of nitrogens with zero attached hydrogens (tertiary/aromatic N) is 4. The zero-order valence-electron chi connectivity index (χ0n) is 15.6. The van der Waals surface area contributed by atoms with Crippen molar-refractivity contribution in [2.75, 3.05) is 26.2 Å². The fourth-order valence-electron chi connectivity index (χ4n) is 3.86. The minimum absolute atomic E-state index is 0.221. The van der Waals surface area contributed by atoms with E-state index in [1.807, 2.05) is 6.07 Å². The Labute approximate surface area is 159 Å². The summed E-state index contributed by atoms with van der Waals surface area (Å²) in [6.07, 6.45) is 5.47. The zero-order chi connectivity index (χ0) is 18.6. The summed E-state index contributed by atoms with van der Waals surface area (Å²) in [5, 5.41) is 17.2. The van der Waals surface area contributed by atoms with E-state index in [0.717, 1.165) is 60.7 Å². The van der Waals surface area contributed by atoms with Crippen LogP contribution in [0.2, 0.25) is 0 Å². The summed E-state index contributed by atoms with van der Waals surface area (Å²) in [6.45, 7) is 5.05. The van der Waals surface area contributed by atoms with Crippen LogP contribution in [0, 0.1) is 6.92 Å². The average molecular weight is 363 g/mol. The molecular formula is C21H25N5O. The summed E-state index contributed by atoms with van der Waals surface area (Å²) >= 11 is 0. The van der Waals surface area contributed by atoms with Gasteiger partial charge in [0.2, 0.25) is 0 Å². The Morgan fingerprint density at radius 3 is 2.59 bits per heavy atom. The Morgan fingerprint density at radius 2 is 1.93 bits per heavy atom. The van der Waals surface area contributed by atoms with Crippen molar-refractivity contribution < 1.29 is 5.11 Å². The Bertz CT molecular complexity index is 867. The summed E-state index contributed by atoms with van der Waals surface area (Å²) in [7, 11) is 0.